The second-order valence-electron chi connectivity index (χ2n) is 8.13. The maximum atomic E-state index is 13.3. The first kappa shape index (κ1) is 19.6. The van der Waals surface area contributed by atoms with E-state index in [4.69, 9.17) is 0 Å². The summed E-state index contributed by atoms with van der Waals surface area (Å²) < 4.78 is 0. The van der Waals surface area contributed by atoms with Crippen LogP contribution in [-0.2, 0) is 0 Å². The first-order chi connectivity index (χ1) is 14.2. The molecule has 1 aliphatic rings. The molecule has 2 heterocycles. The van der Waals surface area contributed by atoms with Gasteiger partial charge in [0.2, 0.25) is 0 Å². The third-order valence-electron chi connectivity index (χ3n) is 6.27. The molecular formula is C24H30N4O. The van der Waals surface area contributed by atoms with Crippen molar-refractivity contribution >= 4 is 16.8 Å². The molecule has 5 nitrogen and oxygen atoms in total. The standard InChI is InChI=1S/C24H30N4O/c1-3-15-24(16-14-18(4-2)26-24)22(17-10-6-5-7-11-17)25-23(29)21-19-12-8-9-13-20(19)27-28-21/h5-13,18,22,26H,3-4,14-16H2,1-2H3,(H,25,29)(H,27,28). The van der Waals surface area contributed by atoms with Gasteiger partial charge in [0.1, 0.15) is 0 Å². The van der Waals surface area contributed by atoms with E-state index in [2.05, 4.69) is 46.8 Å². The van der Waals surface area contributed by atoms with Crippen molar-refractivity contribution in [2.45, 2.75) is 63.6 Å². The van der Waals surface area contributed by atoms with E-state index in [1.54, 1.807) is 0 Å². The molecule has 3 unspecified atom stereocenters. The highest BCUT2D eigenvalue weighted by Crippen LogP contribution is 2.40. The van der Waals surface area contributed by atoms with Gasteiger partial charge in [-0.05, 0) is 37.3 Å². The number of nitrogens with one attached hydrogen (secondary N) is 3. The van der Waals surface area contributed by atoms with E-state index in [9.17, 15) is 4.79 Å². The van der Waals surface area contributed by atoms with Gasteiger partial charge in [0, 0.05) is 17.0 Å². The Morgan fingerprint density at radius 3 is 2.66 bits per heavy atom. The van der Waals surface area contributed by atoms with Crippen LogP contribution in [0.3, 0.4) is 0 Å². The Bertz CT molecular complexity index is 967. The first-order valence-electron chi connectivity index (χ1n) is 10.7. The average Bonchev–Trinajstić information content (AvgIpc) is 3.38. The van der Waals surface area contributed by atoms with Crippen LogP contribution in [0.15, 0.2) is 54.6 Å². The van der Waals surface area contributed by atoms with Crippen molar-refractivity contribution in [3.8, 4) is 0 Å². The molecule has 1 saturated heterocycles. The van der Waals surface area contributed by atoms with Crippen molar-refractivity contribution in [2.24, 2.45) is 0 Å². The highest BCUT2D eigenvalue weighted by atomic mass is 16.2. The Labute approximate surface area is 172 Å². The predicted octanol–water partition coefficient (Wildman–Crippen LogP) is 4.73. The SMILES string of the molecule is CCCC1(C(NC(=O)c2n[nH]c3ccccc23)c2ccccc2)CCC(CC)N1. The Balaban J connectivity index is 1.70. The lowest BCUT2D eigenvalue weighted by molar-refractivity contribution is 0.0895. The van der Waals surface area contributed by atoms with Crippen LogP contribution in [0.1, 0.15) is 68.0 Å². The number of aromatic nitrogens is 2. The van der Waals surface area contributed by atoms with E-state index in [1.807, 2.05) is 42.5 Å². The normalized spacial score (nSPS) is 22.6. The second kappa shape index (κ2) is 8.37. The van der Waals surface area contributed by atoms with Crippen molar-refractivity contribution in [1.29, 1.82) is 0 Å². The van der Waals surface area contributed by atoms with Crippen LogP contribution in [0.25, 0.3) is 10.9 Å². The van der Waals surface area contributed by atoms with Crippen LogP contribution in [0.5, 0.6) is 0 Å². The van der Waals surface area contributed by atoms with Gasteiger partial charge in [-0.2, -0.15) is 5.10 Å². The van der Waals surface area contributed by atoms with Crippen molar-refractivity contribution in [2.75, 3.05) is 0 Å². The molecule has 0 aliphatic carbocycles. The summed E-state index contributed by atoms with van der Waals surface area (Å²) in [6, 6.07) is 18.5. The maximum absolute atomic E-state index is 13.3. The number of para-hydroxylation sites is 1. The number of fused-ring (bicyclic) bond motifs is 1. The molecule has 1 aliphatic heterocycles. The number of benzene rings is 2. The molecule has 3 atom stereocenters. The topological polar surface area (TPSA) is 69.8 Å². The third-order valence-corrected chi connectivity index (χ3v) is 6.27. The number of nitrogens with zero attached hydrogens (tertiary/aromatic N) is 1. The van der Waals surface area contributed by atoms with E-state index in [1.165, 1.54) is 0 Å². The van der Waals surface area contributed by atoms with Crippen molar-refractivity contribution in [3.05, 3.63) is 65.9 Å². The largest absolute Gasteiger partial charge is 0.342 e. The van der Waals surface area contributed by atoms with E-state index in [0.717, 1.165) is 48.6 Å². The molecular weight excluding hydrogens is 360 g/mol. The minimum atomic E-state index is -0.140. The maximum Gasteiger partial charge on any atom is 0.272 e. The molecule has 0 bridgehead atoms. The second-order valence-corrected chi connectivity index (χ2v) is 8.13. The molecule has 0 radical (unpaired) electrons. The van der Waals surface area contributed by atoms with Gasteiger partial charge in [-0.1, -0.05) is 68.8 Å². The van der Waals surface area contributed by atoms with Gasteiger partial charge in [0.05, 0.1) is 11.6 Å². The summed E-state index contributed by atoms with van der Waals surface area (Å²) in [5.41, 5.74) is 2.33. The van der Waals surface area contributed by atoms with Gasteiger partial charge in [0.25, 0.3) is 5.91 Å². The minimum Gasteiger partial charge on any atom is -0.342 e. The third kappa shape index (κ3) is 3.79. The van der Waals surface area contributed by atoms with Crippen molar-refractivity contribution < 1.29 is 4.79 Å². The summed E-state index contributed by atoms with van der Waals surface area (Å²) in [6.45, 7) is 4.44. The molecule has 0 saturated carbocycles. The molecule has 152 valence electrons. The Hall–Kier alpha value is -2.66. The van der Waals surface area contributed by atoms with Gasteiger partial charge >= 0.3 is 0 Å². The van der Waals surface area contributed by atoms with Crippen LogP contribution in [0.2, 0.25) is 0 Å². The molecule has 4 rings (SSSR count). The molecule has 1 aromatic heterocycles. The summed E-state index contributed by atoms with van der Waals surface area (Å²) in [7, 11) is 0. The van der Waals surface area contributed by atoms with E-state index in [-0.39, 0.29) is 17.5 Å². The fourth-order valence-electron chi connectivity index (χ4n) is 4.83. The Kier molecular flexibility index (Phi) is 5.67. The molecule has 3 N–H and O–H groups in total. The zero-order chi connectivity index (χ0) is 20.3. The monoisotopic (exact) mass is 390 g/mol. The lowest BCUT2D eigenvalue weighted by Crippen LogP contribution is -2.53. The number of rotatable bonds is 7. The highest BCUT2D eigenvalue weighted by molar-refractivity contribution is 6.04. The van der Waals surface area contributed by atoms with Gasteiger partial charge in [-0.3, -0.25) is 9.89 Å². The number of hydrogen-bond donors (Lipinski definition) is 3. The fraction of sp³-hybridized carbons (Fsp3) is 0.417. The summed E-state index contributed by atoms with van der Waals surface area (Å²) >= 11 is 0. The van der Waals surface area contributed by atoms with Crippen LogP contribution >= 0.6 is 0 Å². The molecule has 29 heavy (non-hydrogen) atoms. The highest BCUT2D eigenvalue weighted by Gasteiger charge is 2.45. The summed E-state index contributed by atoms with van der Waals surface area (Å²) in [6.07, 6.45) is 5.38. The molecule has 5 heteroatoms. The lowest BCUT2D eigenvalue weighted by atomic mass is 9.80. The van der Waals surface area contributed by atoms with E-state index >= 15 is 0 Å². The zero-order valence-corrected chi connectivity index (χ0v) is 17.2. The van der Waals surface area contributed by atoms with Crippen molar-refractivity contribution in [1.82, 2.24) is 20.8 Å². The smallest absolute Gasteiger partial charge is 0.272 e. The van der Waals surface area contributed by atoms with Gasteiger partial charge in [-0.15, -0.1) is 0 Å². The van der Waals surface area contributed by atoms with Crippen LogP contribution < -0.4 is 10.6 Å². The lowest BCUT2D eigenvalue weighted by Gasteiger charge is -2.39. The van der Waals surface area contributed by atoms with Gasteiger partial charge in [0.15, 0.2) is 5.69 Å². The van der Waals surface area contributed by atoms with Crippen LogP contribution in [-0.4, -0.2) is 27.7 Å². The van der Waals surface area contributed by atoms with Crippen LogP contribution in [0, 0.1) is 0 Å². The number of carbonyl (C=O) groups is 1. The minimum absolute atomic E-state index is 0.108. The summed E-state index contributed by atoms with van der Waals surface area (Å²) in [5.74, 6) is -0.131. The van der Waals surface area contributed by atoms with E-state index in [0.29, 0.717) is 11.7 Å². The number of aromatic amines is 1. The van der Waals surface area contributed by atoms with Gasteiger partial charge < -0.3 is 10.6 Å². The molecule has 2 aromatic carbocycles. The molecule has 3 aromatic rings. The molecule has 1 amide bonds. The Morgan fingerprint density at radius 1 is 1.17 bits per heavy atom. The average molecular weight is 391 g/mol. The number of amides is 1. The summed E-state index contributed by atoms with van der Waals surface area (Å²) in [4.78, 5) is 13.3. The number of carbonyl (C=O) groups excluding carboxylic acids is 1. The van der Waals surface area contributed by atoms with E-state index < -0.39 is 0 Å². The Morgan fingerprint density at radius 2 is 1.93 bits per heavy atom. The molecule has 1 fully saturated rings. The zero-order valence-electron chi connectivity index (χ0n) is 17.2. The van der Waals surface area contributed by atoms with Crippen LogP contribution in [0.4, 0.5) is 0 Å². The first-order valence-corrected chi connectivity index (χ1v) is 10.7. The predicted molar refractivity (Wildman–Crippen MR) is 117 cm³/mol. The molecule has 0 spiro atoms. The number of H-pyrrole nitrogens is 1. The summed E-state index contributed by atoms with van der Waals surface area (Å²) in [5, 5.41) is 15.4. The quantitative estimate of drug-likeness (QED) is 0.546. The fourth-order valence-corrected chi connectivity index (χ4v) is 4.83. The van der Waals surface area contributed by atoms with Gasteiger partial charge in [-0.25, -0.2) is 0 Å². The number of hydrogen-bond acceptors (Lipinski definition) is 3. The van der Waals surface area contributed by atoms with Crippen molar-refractivity contribution in [3.63, 3.8) is 0 Å².